The summed E-state index contributed by atoms with van der Waals surface area (Å²) in [7, 11) is 1.42. The maximum Gasteiger partial charge on any atom is 0.305 e. The molecule has 1 saturated heterocycles. The fraction of sp³-hybridized carbons (Fsp3) is 0.889. The minimum absolute atomic E-state index is 0.141. The van der Waals surface area contributed by atoms with Crippen LogP contribution in [0.3, 0.4) is 0 Å². The lowest BCUT2D eigenvalue weighted by Crippen LogP contribution is -2.11. The standard InChI is InChI=1S/C9H16O3/c1-7-3-4-8(12-7)5-6-9(10)11-2/h7-8H,3-6H2,1-2H3. The third kappa shape index (κ3) is 2.81. The van der Waals surface area contributed by atoms with Crippen molar-refractivity contribution in [2.45, 2.75) is 44.8 Å². The van der Waals surface area contributed by atoms with E-state index in [0.717, 1.165) is 19.3 Å². The van der Waals surface area contributed by atoms with Crippen LogP contribution in [0.2, 0.25) is 0 Å². The molecule has 1 rings (SSSR count). The molecule has 0 aromatic rings. The molecule has 12 heavy (non-hydrogen) atoms. The highest BCUT2D eigenvalue weighted by molar-refractivity contribution is 5.69. The molecule has 1 fully saturated rings. The van der Waals surface area contributed by atoms with E-state index >= 15 is 0 Å². The minimum Gasteiger partial charge on any atom is -0.469 e. The third-order valence-corrected chi connectivity index (χ3v) is 2.22. The van der Waals surface area contributed by atoms with E-state index in [1.165, 1.54) is 7.11 Å². The van der Waals surface area contributed by atoms with E-state index in [-0.39, 0.29) is 12.1 Å². The van der Waals surface area contributed by atoms with Crippen LogP contribution in [0.5, 0.6) is 0 Å². The topological polar surface area (TPSA) is 35.5 Å². The maximum absolute atomic E-state index is 10.8. The van der Waals surface area contributed by atoms with E-state index in [1.807, 2.05) is 0 Å². The average molecular weight is 172 g/mol. The summed E-state index contributed by atoms with van der Waals surface area (Å²) in [5.41, 5.74) is 0. The van der Waals surface area contributed by atoms with E-state index in [2.05, 4.69) is 11.7 Å². The lowest BCUT2D eigenvalue weighted by Gasteiger charge is -2.09. The van der Waals surface area contributed by atoms with Crippen LogP contribution in [0.25, 0.3) is 0 Å². The van der Waals surface area contributed by atoms with E-state index in [9.17, 15) is 4.79 Å². The molecule has 0 amide bonds. The van der Waals surface area contributed by atoms with Crippen molar-refractivity contribution >= 4 is 5.97 Å². The molecule has 0 saturated carbocycles. The first-order valence-corrected chi connectivity index (χ1v) is 4.44. The fourth-order valence-corrected chi connectivity index (χ4v) is 1.48. The predicted molar refractivity (Wildman–Crippen MR) is 44.8 cm³/mol. The summed E-state index contributed by atoms with van der Waals surface area (Å²) in [6, 6.07) is 0. The van der Waals surface area contributed by atoms with Gasteiger partial charge in [0, 0.05) is 6.42 Å². The van der Waals surface area contributed by atoms with Crippen LogP contribution in [0.1, 0.15) is 32.6 Å². The Bertz CT molecular complexity index is 156. The van der Waals surface area contributed by atoms with Gasteiger partial charge in [-0.25, -0.2) is 0 Å². The molecule has 0 bridgehead atoms. The van der Waals surface area contributed by atoms with Crippen molar-refractivity contribution in [1.29, 1.82) is 0 Å². The van der Waals surface area contributed by atoms with Crippen LogP contribution in [-0.2, 0) is 14.3 Å². The largest absolute Gasteiger partial charge is 0.469 e. The summed E-state index contributed by atoms with van der Waals surface area (Å²) in [6.45, 7) is 2.07. The number of rotatable bonds is 3. The molecule has 0 aromatic carbocycles. The van der Waals surface area contributed by atoms with Crippen molar-refractivity contribution < 1.29 is 14.3 Å². The highest BCUT2D eigenvalue weighted by atomic mass is 16.5. The van der Waals surface area contributed by atoms with Gasteiger partial charge in [-0.2, -0.15) is 0 Å². The second-order valence-corrected chi connectivity index (χ2v) is 3.26. The van der Waals surface area contributed by atoms with Gasteiger partial charge in [0.25, 0.3) is 0 Å². The molecular formula is C9H16O3. The quantitative estimate of drug-likeness (QED) is 0.605. The van der Waals surface area contributed by atoms with Crippen molar-refractivity contribution in [3.8, 4) is 0 Å². The molecule has 0 aromatic heterocycles. The molecule has 2 unspecified atom stereocenters. The van der Waals surface area contributed by atoms with Gasteiger partial charge in [-0.15, -0.1) is 0 Å². The molecule has 1 aliphatic rings. The second-order valence-electron chi connectivity index (χ2n) is 3.26. The van der Waals surface area contributed by atoms with Crippen LogP contribution < -0.4 is 0 Å². The van der Waals surface area contributed by atoms with Gasteiger partial charge in [-0.3, -0.25) is 4.79 Å². The molecule has 0 radical (unpaired) electrons. The Morgan fingerprint density at radius 1 is 1.58 bits per heavy atom. The number of carbonyl (C=O) groups is 1. The lowest BCUT2D eigenvalue weighted by atomic mass is 10.1. The third-order valence-electron chi connectivity index (χ3n) is 2.22. The normalized spacial score (nSPS) is 28.8. The van der Waals surface area contributed by atoms with Crippen molar-refractivity contribution in [2.24, 2.45) is 0 Å². The molecule has 0 N–H and O–H groups in total. The Balaban J connectivity index is 2.11. The fourth-order valence-electron chi connectivity index (χ4n) is 1.48. The zero-order valence-electron chi connectivity index (χ0n) is 7.71. The van der Waals surface area contributed by atoms with Gasteiger partial charge in [-0.05, 0) is 26.2 Å². The van der Waals surface area contributed by atoms with Crippen LogP contribution in [0.15, 0.2) is 0 Å². The van der Waals surface area contributed by atoms with Crippen LogP contribution in [0.4, 0.5) is 0 Å². The van der Waals surface area contributed by atoms with Crippen molar-refractivity contribution in [3.63, 3.8) is 0 Å². The van der Waals surface area contributed by atoms with Gasteiger partial charge in [0.15, 0.2) is 0 Å². The van der Waals surface area contributed by atoms with Crippen molar-refractivity contribution in [1.82, 2.24) is 0 Å². The summed E-state index contributed by atoms with van der Waals surface area (Å²) in [6.07, 6.45) is 4.13. The van der Waals surface area contributed by atoms with E-state index in [4.69, 9.17) is 4.74 Å². The minimum atomic E-state index is -0.141. The number of hydrogen-bond donors (Lipinski definition) is 0. The molecule has 0 spiro atoms. The molecule has 2 atom stereocenters. The van der Waals surface area contributed by atoms with Gasteiger partial charge in [0.2, 0.25) is 0 Å². The van der Waals surface area contributed by atoms with Gasteiger partial charge >= 0.3 is 5.97 Å². The smallest absolute Gasteiger partial charge is 0.305 e. The molecule has 3 nitrogen and oxygen atoms in total. The predicted octanol–water partition coefficient (Wildman–Crippen LogP) is 1.51. The Morgan fingerprint density at radius 3 is 2.83 bits per heavy atom. The molecule has 70 valence electrons. The van der Waals surface area contributed by atoms with Gasteiger partial charge < -0.3 is 9.47 Å². The summed E-state index contributed by atoms with van der Waals surface area (Å²) in [5.74, 6) is -0.141. The molecule has 0 aliphatic carbocycles. The first-order valence-electron chi connectivity index (χ1n) is 4.44. The van der Waals surface area contributed by atoms with Crippen molar-refractivity contribution in [2.75, 3.05) is 7.11 Å². The zero-order valence-corrected chi connectivity index (χ0v) is 7.71. The first-order chi connectivity index (χ1) is 5.72. The molecule has 1 aliphatic heterocycles. The number of ether oxygens (including phenoxy) is 2. The highest BCUT2D eigenvalue weighted by Crippen LogP contribution is 2.22. The summed E-state index contributed by atoms with van der Waals surface area (Å²) >= 11 is 0. The number of methoxy groups -OCH3 is 1. The van der Waals surface area contributed by atoms with E-state index in [1.54, 1.807) is 0 Å². The van der Waals surface area contributed by atoms with Gasteiger partial charge in [0.05, 0.1) is 19.3 Å². The van der Waals surface area contributed by atoms with Gasteiger partial charge in [-0.1, -0.05) is 0 Å². The van der Waals surface area contributed by atoms with E-state index < -0.39 is 0 Å². The first kappa shape index (κ1) is 9.52. The summed E-state index contributed by atoms with van der Waals surface area (Å²) in [5, 5.41) is 0. The monoisotopic (exact) mass is 172 g/mol. The Hall–Kier alpha value is -0.570. The number of esters is 1. The van der Waals surface area contributed by atoms with Gasteiger partial charge in [0.1, 0.15) is 0 Å². The number of hydrogen-bond acceptors (Lipinski definition) is 3. The second kappa shape index (κ2) is 4.45. The van der Waals surface area contributed by atoms with Crippen LogP contribution in [-0.4, -0.2) is 25.3 Å². The van der Waals surface area contributed by atoms with Crippen LogP contribution >= 0.6 is 0 Å². The SMILES string of the molecule is COC(=O)CCC1CCC(C)O1. The molecule has 1 heterocycles. The zero-order chi connectivity index (χ0) is 8.97. The molecule has 3 heteroatoms. The Labute approximate surface area is 73.0 Å². The molecular weight excluding hydrogens is 156 g/mol. The lowest BCUT2D eigenvalue weighted by molar-refractivity contribution is -0.141. The maximum atomic E-state index is 10.8. The average Bonchev–Trinajstić information content (AvgIpc) is 2.47. The highest BCUT2D eigenvalue weighted by Gasteiger charge is 2.22. The summed E-state index contributed by atoms with van der Waals surface area (Å²) in [4.78, 5) is 10.8. The Kier molecular flexibility index (Phi) is 3.53. The van der Waals surface area contributed by atoms with E-state index in [0.29, 0.717) is 12.5 Å². The summed E-state index contributed by atoms with van der Waals surface area (Å²) < 4.78 is 10.1. The van der Waals surface area contributed by atoms with Crippen molar-refractivity contribution in [3.05, 3.63) is 0 Å². The number of carbonyl (C=O) groups excluding carboxylic acids is 1. The van der Waals surface area contributed by atoms with Crippen LogP contribution in [0, 0.1) is 0 Å². The Morgan fingerprint density at radius 2 is 2.33 bits per heavy atom.